The van der Waals surface area contributed by atoms with Crippen molar-refractivity contribution in [1.82, 2.24) is 24.9 Å². The lowest BCUT2D eigenvalue weighted by atomic mass is 9.75. The van der Waals surface area contributed by atoms with Crippen LogP contribution in [-0.4, -0.2) is 208 Å². The van der Waals surface area contributed by atoms with Gasteiger partial charge in [-0.3, -0.25) is 24.0 Å². The van der Waals surface area contributed by atoms with Gasteiger partial charge in [0.05, 0.1) is 162 Å². The van der Waals surface area contributed by atoms with Gasteiger partial charge in [0.25, 0.3) is 11.8 Å². The Labute approximate surface area is 634 Å². The summed E-state index contributed by atoms with van der Waals surface area (Å²) in [6.07, 6.45) is 6.61. The van der Waals surface area contributed by atoms with E-state index in [9.17, 15) is 24.0 Å². The molecule has 566 valence electrons. The summed E-state index contributed by atoms with van der Waals surface area (Å²) in [6, 6.07) is 26.7. The van der Waals surface area contributed by atoms with Crippen molar-refractivity contribution in [1.29, 1.82) is 0 Å². The highest BCUT2D eigenvalue weighted by atomic mass is 127. The molecule has 0 atom stereocenters. The molecule has 0 unspecified atom stereocenters. The van der Waals surface area contributed by atoms with Gasteiger partial charge in [0, 0.05) is 83.0 Å². The molecular formula is C76H108I2N10O15. The number of nitrogens with zero attached hydrogens (tertiary/aromatic N) is 4. The van der Waals surface area contributed by atoms with Gasteiger partial charge in [-0.2, -0.15) is 10.2 Å². The summed E-state index contributed by atoms with van der Waals surface area (Å²) >= 11 is 4.50. The predicted octanol–water partition coefficient (Wildman–Crippen LogP) is 9.88. The Morgan fingerprint density at radius 2 is 0.845 bits per heavy atom. The van der Waals surface area contributed by atoms with E-state index >= 15 is 0 Å². The minimum atomic E-state index is -0.516. The molecule has 0 bridgehead atoms. The fourth-order valence-corrected chi connectivity index (χ4v) is 12.6. The van der Waals surface area contributed by atoms with E-state index < -0.39 is 11.8 Å². The van der Waals surface area contributed by atoms with E-state index in [1.807, 2.05) is 65.7 Å². The SMILES string of the molecule is Cc1nn(-c2ccc(C(N)=O)c(NCCCOCCOCCOCCOCCOCCCN)c2)c2c1C(=O)CC(C)(C)C2.Cc1nn(-c2ccc(C(N)=O)c(NCCCOCCOCCOCCOCCOCCCNCc3cccc(I)c3)c2)c2c1C(=O)CC(C)(C)C2.O=Cc1cccc(I)c1. The number of aryl methyl sites for hydroxylation is 2. The lowest BCUT2D eigenvalue weighted by molar-refractivity contribution is -0.0111. The van der Waals surface area contributed by atoms with Crippen molar-refractivity contribution in [2.45, 2.75) is 99.5 Å². The van der Waals surface area contributed by atoms with Crippen molar-refractivity contribution in [3.05, 3.63) is 148 Å². The van der Waals surface area contributed by atoms with Crippen molar-refractivity contribution < 1.29 is 71.3 Å². The van der Waals surface area contributed by atoms with Crippen LogP contribution in [0.5, 0.6) is 0 Å². The molecule has 4 aromatic carbocycles. The largest absolute Gasteiger partial charge is 0.384 e. The molecule has 2 aliphatic carbocycles. The first-order valence-corrected chi connectivity index (χ1v) is 37.6. The highest BCUT2D eigenvalue weighted by molar-refractivity contribution is 14.1. The first kappa shape index (κ1) is 85.8. The van der Waals surface area contributed by atoms with Gasteiger partial charge in [0.15, 0.2) is 11.6 Å². The number of primary amides is 2. The molecule has 0 fully saturated rings. The summed E-state index contributed by atoms with van der Waals surface area (Å²) in [5.74, 6) is -0.784. The minimum Gasteiger partial charge on any atom is -0.384 e. The molecule has 0 spiro atoms. The van der Waals surface area contributed by atoms with Crippen molar-refractivity contribution in [3.8, 4) is 11.4 Å². The number of nitrogens with one attached hydrogen (secondary N) is 3. The number of anilines is 2. The average molecular weight is 1660 g/mol. The van der Waals surface area contributed by atoms with Crippen LogP contribution < -0.4 is 33.2 Å². The van der Waals surface area contributed by atoms with Crippen LogP contribution in [-0.2, 0) is 66.8 Å². The summed E-state index contributed by atoms with van der Waals surface area (Å²) in [5.41, 5.74) is 26.7. The summed E-state index contributed by atoms with van der Waals surface area (Å²) < 4.78 is 61.5. The van der Waals surface area contributed by atoms with Crippen molar-refractivity contribution in [2.24, 2.45) is 28.0 Å². The molecule has 0 saturated heterocycles. The predicted molar refractivity (Wildman–Crippen MR) is 415 cm³/mol. The number of ketones is 2. The fourth-order valence-electron chi connectivity index (χ4n) is 11.5. The lowest BCUT2D eigenvalue weighted by Gasteiger charge is -2.29. The summed E-state index contributed by atoms with van der Waals surface area (Å²) in [6.45, 7) is 26.3. The zero-order valence-corrected chi connectivity index (χ0v) is 65.2. The number of nitrogens with two attached hydrogens (primary N) is 3. The van der Waals surface area contributed by atoms with E-state index in [4.69, 9.17) is 69.7 Å². The Bertz CT molecular complexity index is 3570. The Morgan fingerprint density at radius 3 is 1.19 bits per heavy atom. The molecule has 0 saturated carbocycles. The van der Waals surface area contributed by atoms with E-state index in [1.54, 1.807) is 18.2 Å². The average Bonchev–Trinajstić information content (AvgIpc) is 1.63. The number of hydrogen-bond donors (Lipinski definition) is 6. The van der Waals surface area contributed by atoms with Gasteiger partial charge in [0.1, 0.15) is 6.29 Å². The number of amides is 2. The third-order valence-electron chi connectivity index (χ3n) is 16.3. The van der Waals surface area contributed by atoms with Crippen LogP contribution in [0.25, 0.3) is 11.4 Å². The molecule has 8 rings (SSSR count). The number of hydrogen-bond acceptors (Lipinski definition) is 21. The first-order chi connectivity index (χ1) is 49.7. The first-order valence-electron chi connectivity index (χ1n) is 35.4. The number of Topliss-reactive ketones (excluding diaryl/α,β-unsaturated/α-hetero) is 2. The van der Waals surface area contributed by atoms with Gasteiger partial charge in [-0.25, -0.2) is 9.36 Å². The maximum absolute atomic E-state index is 12.9. The number of rotatable bonds is 48. The van der Waals surface area contributed by atoms with E-state index in [0.717, 1.165) is 101 Å². The number of fused-ring (bicyclic) bond motifs is 2. The number of aromatic nitrogens is 4. The molecule has 25 nitrogen and oxygen atoms in total. The second kappa shape index (κ2) is 47.4. The molecule has 0 aliphatic heterocycles. The minimum absolute atomic E-state index is 0.124. The molecule has 2 heterocycles. The van der Waals surface area contributed by atoms with Crippen LogP contribution in [0.3, 0.4) is 0 Å². The zero-order valence-electron chi connectivity index (χ0n) is 60.9. The van der Waals surface area contributed by atoms with Gasteiger partial charge in [-0.1, -0.05) is 52.0 Å². The molecule has 2 amide bonds. The molecule has 6 aromatic rings. The molecule has 27 heteroatoms. The van der Waals surface area contributed by atoms with Crippen molar-refractivity contribution in [3.63, 3.8) is 0 Å². The number of halogens is 2. The van der Waals surface area contributed by atoms with E-state index in [0.29, 0.717) is 198 Å². The van der Waals surface area contributed by atoms with Crippen LogP contribution in [0.2, 0.25) is 0 Å². The van der Waals surface area contributed by atoms with E-state index in [1.165, 1.54) is 9.13 Å². The van der Waals surface area contributed by atoms with Gasteiger partial charge < -0.3 is 80.5 Å². The summed E-state index contributed by atoms with van der Waals surface area (Å²) in [4.78, 5) is 60.1. The highest BCUT2D eigenvalue weighted by Crippen LogP contribution is 2.39. The van der Waals surface area contributed by atoms with Crippen molar-refractivity contribution in [2.75, 3.05) is 169 Å². The Morgan fingerprint density at radius 1 is 0.485 bits per heavy atom. The lowest BCUT2D eigenvalue weighted by Crippen LogP contribution is -2.28. The monoisotopic (exact) mass is 1650 g/mol. The Hall–Kier alpha value is -6.17. The fraction of sp³-hybridized carbons (Fsp3) is 0.539. The number of aldehydes is 1. The zero-order chi connectivity index (χ0) is 74.2. The Balaban J connectivity index is 0.000000291. The smallest absolute Gasteiger partial charge is 0.250 e. The molecule has 0 radical (unpaired) electrons. The summed E-state index contributed by atoms with van der Waals surface area (Å²) in [5, 5.41) is 19.5. The Kier molecular flexibility index (Phi) is 39.5. The molecule has 2 aliphatic rings. The van der Waals surface area contributed by atoms with E-state index in [-0.39, 0.29) is 22.4 Å². The number of carbonyl (C=O) groups is 5. The number of benzene rings is 4. The van der Waals surface area contributed by atoms with Crippen LogP contribution in [0.4, 0.5) is 11.4 Å². The second-order valence-electron chi connectivity index (χ2n) is 26.4. The molecule has 103 heavy (non-hydrogen) atoms. The third kappa shape index (κ3) is 31.4. The van der Waals surface area contributed by atoms with E-state index in [2.05, 4.69) is 118 Å². The quantitative estimate of drug-likeness (QED) is 0.0117. The number of ether oxygens (including phenoxy) is 10. The van der Waals surface area contributed by atoms with Crippen LogP contribution in [0, 0.1) is 31.8 Å². The molecular weight excluding hydrogens is 1550 g/mol. The highest BCUT2D eigenvalue weighted by Gasteiger charge is 2.37. The topological polar surface area (TPSA) is 327 Å². The van der Waals surface area contributed by atoms with Crippen molar-refractivity contribution >= 4 is 86.2 Å². The maximum atomic E-state index is 12.9. The standard InChI is InChI=1S/C38H54IN5O7.C31H49N5O7.C7H5IO/c1-28-36-34(25-38(2,3)26-35(36)45)44(43-28)31-9-10-32(37(40)46)33(24-31)42-12-6-14-48-16-18-50-20-22-51-21-19-49-17-15-47-13-5-11-41-27-29-7-4-8-30(39)23-29;1-23-29-27(21-31(2,3)22-28(29)37)36(35-23)24-6-7-25(30(33)38)26(20-24)34-9-5-11-40-13-15-42-17-19-43-18-16-41-14-12-39-10-4-8-32;8-7-3-1-2-6(4-7)5-9/h4,7-10,23-24,41-42H,5-6,11-22,25-27H2,1-3H3,(H2,40,46);6-7,20,34H,4-5,8-19,21-22,32H2,1-3H3,(H2,33,38);1-5H. The van der Waals surface area contributed by atoms with Crippen LogP contribution >= 0.6 is 45.2 Å². The van der Waals surface area contributed by atoms with Crippen LogP contribution in [0.1, 0.15) is 146 Å². The van der Waals surface area contributed by atoms with Gasteiger partial charge in [-0.15, -0.1) is 0 Å². The van der Waals surface area contributed by atoms with Crippen LogP contribution in [0.15, 0.2) is 84.9 Å². The second-order valence-corrected chi connectivity index (χ2v) is 28.9. The summed E-state index contributed by atoms with van der Waals surface area (Å²) in [7, 11) is 0. The third-order valence-corrected chi connectivity index (χ3v) is 17.7. The maximum Gasteiger partial charge on any atom is 0.250 e. The molecule has 2 aromatic heterocycles. The normalized spacial score (nSPS) is 13.5. The van der Waals surface area contributed by atoms with Gasteiger partial charge in [-0.05, 0) is 188 Å². The van der Waals surface area contributed by atoms with Gasteiger partial charge in [0.2, 0.25) is 0 Å². The number of carbonyl (C=O) groups excluding carboxylic acids is 5. The molecule has 9 N–H and O–H groups in total. The van der Waals surface area contributed by atoms with Gasteiger partial charge >= 0.3 is 0 Å².